The van der Waals surface area contributed by atoms with Gasteiger partial charge in [-0.05, 0) is 38.1 Å². The van der Waals surface area contributed by atoms with Crippen LogP contribution >= 0.6 is 0 Å². The predicted octanol–water partition coefficient (Wildman–Crippen LogP) is 0.690. The molecule has 112 valence electrons. The molecule has 1 aromatic carbocycles. The summed E-state index contributed by atoms with van der Waals surface area (Å²) < 4.78 is 10.1. The summed E-state index contributed by atoms with van der Waals surface area (Å²) in [6, 6.07) is 5.90. The summed E-state index contributed by atoms with van der Waals surface area (Å²) in [5.74, 6) is -1.07. The van der Waals surface area contributed by atoms with E-state index in [1.54, 1.807) is 0 Å². The van der Waals surface area contributed by atoms with E-state index in [2.05, 4.69) is 0 Å². The average Bonchev–Trinajstić information content (AvgIpc) is 2.40. The second-order valence-corrected chi connectivity index (χ2v) is 4.55. The molecule has 0 spiro atoms. The Morgan fingerprint density at radius 1 is 1.15 bits per heavy atom. The minimum absolute atomic E-state index is 0.0907. The van der Waals surface area contributed by atoms with Gasteiger partial charge in [-0.3, -0.25) is 4.79 Å². The molecule has 0 saturated heterocycles. The van der Waals surface area contributed by atoms with Crippen LogP contribution in [-0.4, -0.2) is 46.7 Å². The van der Waals surface area contributed by atoms with Crippen molar-refractivity contribution in [2.24, 2.45) is 5.92 Å². The monoisotopic (exact) mass is 284 g/mol. The largest absolute Gasteiger partial charge is 0.508 e. The summed E-state index contributed by atoms with van der Waals surface area (Å²) in [5, 5.41) is 28.4. The van der Waals surface area contributed by atoms with E-state index in [-0.39, 0.29) is 5.75 Å². The van der Waals surface area contributed by atoms with Crippen molar-refractivity contribution in [3.63, 3.8) is 0 Å². The number of carbonyl (C=O) groups is 1. The molecule has 0 radical (unpaired) electrons. The SMILES string of the molecule is COC(O)C(C(=O)C(C)Oc1ccc(O)cc1)C(C)O. The fraction of sp³-hybridized carbons (Fsp3) is 0.500. The molecule has 1 aromatic rings. The highest BCUT2D eigenvalue weighted by molar-refractivity contribution is 5.86. The number of ether oxygens (including phenoxy) is 2. The summed E-state index contributed by atoms with van der Waals surface area (Å²) in [4.78, 5) is 12.2. The van der Waals surface area contributed by atoms with Crippen LogP contribution in [0.4, 0.5) is 0 Å². The molecule has 0 heterocycles. The number of aliphatic hydroxyl groups is 2. The van der Waals surface area contributed by atoms with Crippen molar-refractivity contribution in [2.75, 3.05) is 7.11 Å². The van der Waals surface area contributed by atoms with Crippen LogP contribution in [0, 0.1) is 5.92 Å². The first-order valence-corrected chi connectivity index (χ1v) is 6.25. The highest BCUT2D eigenvalue weighted by Gasteiger charge is 2.35. The molecule has 0 amide bonds. The van der Waals surface area contributed by atoms with E-state index in [0.717, 1.165) is 0 Å². The summed E-state index contributed by atoms with van der Waals surface area (Å²) in [6.45, 7) is 2.92. The normalized spacial score (nSPS) is 17.1. The highest BCUT2D eigenvalue weighted by atomic mass is 16.6. The number of benzene rings is 1. The second-order valence-electron chi connectivity index (χ2n) is 4.55. The van der Waals surface area contributed by atoms with Gasteiger partial charge in [-0.2, -0.15) is 0 Å². The highest BCUT2D eigenvalue weighted by Crippen LogP contribution is 2.20. The molecule has 0 aliphatic heterocycles. The van der Waals surface area contributed by atoms with Gasteiger partial charge in [0.05, 0.1) is 12.0 Å². The van der Waals surface area contributed by atoms with Gasteiger partial charge in [0, 0.05) is 7.11 Å². The summed E-state index contributed by atoms with van der Waals surface area (Å²) in [6.07, 6.45) is -3.33. The van der Waals surface area contributed by atoms with E-state index in [1.165, 1.54) is 45.2 Å². The number of aliphatic hydroxyl groups excluding tert-OH is 2. The maximum atomic E-state index is 12.2. The van der Waals surface area contributed by atoms with Crippen LogP contribution in [0.2, 0.25) is 0 Å². The minimum atomic E-state index is -1.40. The third-order valence-corrected chi connectivity index (χ3v) is 2.95. The van der Waals surface area contributed by atoms with Gasteiger partial charge in [0.1, 0.15) is 11.5 Å². The number of rotatable bonds is 7. The maximum absolute atomic E-state index is 12.2. The molecule has 0 aliphatic rings. The molecule has 6 nitrogen and oxygen atoms in total. The number of phenolic OH excluding ortho intramolecular Hbond substituents is 1. The van der Waals surface area contributed by atoms with Crippen molar-refractivity contribution in [1.82, 2.24) is 0 Å². The fourth-order valence-corrected chi connectivity index (χ4v) is 1.82. The number of hydrogen-bond acceptors (Lipinski definition) is 6. The molecule has 0 aromatic heterocycles. The van der Waals surface area contributed by atoms with Gasteiger partial charge in [-0.1, -0.05) is 0 Å². The van der Waals surface area contributed by atoms with Gasteiger partial charge >= 0.3 is 0 Å². The maximum Gasteiger partial charge on any atom is 0.183 e. The van der Waals surface area contributed by atoms with E-state index in [0.29, 0.717) is 5.75 Å². The molecule has 1 rings (SSSR count). The number of phenols is 1. The van der Waals surface area contributed by atoms with E-state index >= 15 is 0 Å². The molecule has 4 unspecified atom stereocenters. The van der Waals surface area contributed by atoms with Gasteiger partial charge in [0.2, 0.25) is 0 Å². The molecule has 20 heavy (non-hydrogen) atoms. The standard InChI is InChI=1S/C14H20O6/c1-8(15)12(14(18)19-3)13(17)9(2)20-11-6-4-10(16)5-7-11/h4-9,12,14-16,18H,1-3H3. The summed E-state index contributed by atoms with van der Waals surface area (Å²) >= 11 is 0. The molecule has 0 fully saturated rings. The van der Waals surface area contributed by atoms with Gasteiger partial charge in [-0.15, -0.1) is 0 Å². The Bertz CT molecular complexity index is 428. The summed E-state index contributed by atoms with van der Waals surface area (Å²) in [5.41, 5.74) is 0. The topological polar surface area (TPSA) is 96.2 Å². The number of methoxy groups -OCH3 is 1. The second kappa shape index (κ2) is 7.23. The van der Waals surface area contributed by atoms with Crippen LogP contribution in [0.5, 0.6) is 11.5 Å². The summed E-state index contributed by atoms with van der Waals surface area (Å²) in [7, 11) is 1.25. The quantitative estimate of drug-likeness (QED) is 0.638. The van der Waals surface area contributed by atoms with E-state index in [1.807, 2.05) is 0 Å². The Morgan fingerprint density at radius 3 is 2.15 bits per heavy atom. The first-order chi connectivity index (χ1) is 9.36. The number of ketones is 1. The smallest absolute Gasteiger partial charge is 0.183 e. The minimum Gasteiger partial charge on any atom is -0.508 e. The van der Waals surface area contributed by atoms with Gasteiger partial charge < -0.3 is 24.8 Å². The molecular formula is C14H20O6. The molecule has 0 aliphatic carbocycles. The first kappa shape index (κ1) is 16.4. The van der Waals surface area contributed by atoms with Crippen LogP contribution in [0.1, 0.15) is 13.8 Å². The van der Waals surface area contributed by atoms with E-state index < -0.39 is 30.2 Å². The molecule has 0 bridgehead atoms. The van der Waals surface area contributed by atoms with Crippen LogP contribution in [0.3, 0.4) is 0 Å². The lowest BCUT2D eigenvalue weighted by molar-refractivity contribution is -0.164. The molecule has 6 heteroatoms. The van der Waals surface area contributed by atoms with Gasteiger partial charge in [0.15, 0.2) is 18.2 Å². The van der Waals surface area contributed by atoms with E-state index in [4.69, 9.17) is 14.6 Å². The van der Waals surface area contributed by atoms with Crippen LogP contribution in [0.15, 0.2) is 24.3 Å². The van der Waals surface area contributed by atoms with Crippen molar-refractivity contribution >= 4 is 5.78 Å². The average molecular weight is 284 g/mol. The third-order valence-electron chi connectivity index (χ3n) is 2.95. The zero-order valence-electron chi connectivity index (χ0n) is 11.7. The van der Waals surface area contributed by atoms with Crippen LogP contribution in [-0.2, 0) is 9.53 Å². The molecular weight excluding hydrogens is 264 g/mol. The van der Waals surface area contributed by atoms with Crippen molar-refractivity contribution < 1.29 is 29.6 Å². The predicted molar refractivity (Wildman–Crippen MR) is 71.4 cm³/mol. The number of carbonyl (C=O) groups excluding carboxylic acids is 1. The Hall–Kier alpha value is -1.63. The van der Waals surface area contributed by atoms with Crippen LogP contribution < -0.4 is 4.74 Å². The van der Waals surface area contributed by atoms with Crippen LogP contribution in [0.25, 0.3) is 0 Å². The zero-order valence-corrected chi connectivity index (χ0v) is 11.7. The zero-order chi connectivity index (χ0) is 15.3. The third kappa shape index (κ3) is 4.19. The van der Waals surface area contributed by atoms with Crippen molar-refractivity contribution in [3.8, 4) is 11.5 Å². The Kier molecular flexibility index (Phi) is 5.94. The Balaban J connectivity index is 2.76. The van der Waals surface area contributed by atoms with Gasteiger partial charge in [-0.25, -0.2) is 0 Å². The lowest BCUT2D eigenvalue weighted by Gasteiger charge is -2.26. The number of aromatic hydroxyl groups is 1. The van der Waals surface area contributed by atoms with E-state index in [9.17, 15) is 15.0 Å². The number of Topliss-reactive ketones (excluding diaryl/α,β-unsaturated/α-hetero) is 1. The van der Waals surface area contributed by atoms with Crippen molar-refractivity contribution in [1.29, 1.82) is 0 Å². The lowest BCUT2D eigenvalue weighted by Crippen LogP contribution is -2.43. The van der Waals surface area contributed by atoms with Crippen molar-refractivity contribution in [3.05, 3.63) is 24.3 Å². The molecule has 3 N–H and O–H groups in total. The Labute approximate surface area is 117 Å². The van der Waals surface area contributed by atoms with Crippen molar-refractivity contribution in [2.45, 2.75) is 32.3 Å². The lowest BCUT2D eigenvalue weighted by atomic mass is 9.94. The Morgan fingerprint density at radius 2 is 1.70 bits per heavy atom. The molecule has 4 atom stereocenters. The first-order valence-electron chi connectivity index (χ1n) is 6.25. The molecule has 0 saturated carbocycles. The fourth-order valence-electron chi connectivity index (χ4n) is 1.82. The van der Waals surface area contributed by atoms with Gasteiger partial charge in [0.25, 0.3) is 0 Å². The number of hydrogen-bond donors (Lipinski definition) is 3.